The molecular weight excluding hydrogens is 431 g/mol. The van der Waals surface area contributed by atoms with E-state index in [0.717, 1.165) is 24.3 Å². The Hall–Kier alpha value is -3.60. The number of hydrogen-bond acceptors (Lipinski definition) is 5. The van der Waals surface area contributed by atoms with E-state index in [9.17, 15) is 21.6 Å². The smallest absolute Gasteiger partial charge is 0.383 e. The number of aryl methyl sites for hydroxylation is 1. The van der Waals surface area contributed by atoms with Crippen LogP contribution in [-0.4, -0.2) is 23.0 Å². The van der Waals surface area contributed by atoms with E-state index in [2.05, 4.69) is 14.8 Å². The zero-order valence-corrected chi connectivity index (χ0v) is 16.9. The van der Waals surface area contributed by atoms with Gasteiger partial charge in [-0.25, -0.2) is 13.4 Å². The van der Waals surface area contributed by atoms with Gasteiger partial charge in [0.2, 0.25) is 0 Å². The molecule has 0 atom stereocenters. The minimum atomic E-state index is -4.54. The number of anilines is 2. The van der Waals surface area contributed by atoms with Crippen molar-refractivity contribution in [3.8, 4) is 11.1 Å². The Kier molecular flexibility index (Phi) is 4.85. The minimum Gasteiger partial charge on any atom is -0.383 e. The van der Waals surface area contributed by atoms with Crippen LogP contribution in [0.1, 0.15) is 11.1 Å². The summed E-state index contributed by atoms with van der Waals surface area (Å²) >= 11 is 0. The van der Waals surface area contributed by atoms with Gasteiger partial charge in [-0.2, -0.15) is 22.8 Å². The molecule has 2 aromatic heterocycles. The van der Waals surface area contributed by atoms with E-state index in [1.165, 1.54) is 4.52 Å². The van der Waals surface area contributed by atoms with Gasteiger partial charge in [-0.05, 0) is 54.4 Å². The number of sulfonamides is 1. The third-order valence-electron chi connectivity index (χ3n) is 4.73. The quantitative estimate of drug-likeness (QED) is 0.490. The lowest BCUT2D eigenvalue weighted by atomic mass is 10.0. The Morgan fingerprint density at radius 2 is 1.77 bits per heavy atom. The van der Waals surface area contributed by atoms with Crippen LogP contribution in [-0.2, 0) is 16.2 Å². The predicted octanol–water partition coefficient (Wildman–Crippen LogP) is 4.11. The molecule has 0 aliphatic rings. The topological polar surface area (TPSA) is 102 Å². The molecule has 0 spiro atoms. The molecule has 11 heteroatoms. The Balaban J connectivity index is 1.63. The fourth-order valence-corrected chi connectivity index (χ4v) is 4.22. The van der Waals surface area contributed by atoms with Crippen molar-refractivity contribution in [2.24, 2.45) is 0 Å². The molecule has 0 fully saturated rings. The summed E-state index contributed by atoms with van der Waals surface area (Å²) in [6.07, 6.45) is -1.36. The number of nitrogens with two attached hydrogens (primary N) is 1. The summed E-state index contributed by atoms with van der Waals surface area (Å²) in [5.74, 6) is 0.382. The molecule has 7 nitrogen and oxygen atoms in total. The molecule has 4 aromatic rings. The second-order valence-corrected chi connectivity index (χ2v) is 8.50. The van der Waals surface area contributed by atoms with Crippen LogP contribution in [0.5, 0.6) is 0 Å². The third kappa shape index (κ3) is 3.91. The van der Waals surface area contributed by atoms with Crippen LogP contribution < -0.4 is 10.5 Å². The summed E-state index contributed by atoms with van der Waals surface area (Å²) < 4.78 is 67.2. The standard InChI is InChI=1S/C20H16F3N5O2S/c1-12-10-13(16-11-25-18-8-9-26-28(18)19(16)24)2-7-17(12)27-31(29,30)15-5-3-14(4-6-15)20(21,22)23/h2-11,27H,24H2,1H3. The first-order valence-electron chi connectivity index (χ1n) is 8.95. The second-order valence-electron chi connectivity index (χ2n) is 6.82. The highest BCUT2D eigenvalue weighted by Crippen LogP contribution is 2.31. The molecular formula is C20H16F3N5O2S. The number of nitrogen functional groups attached to an aromatic ring is 1. The molecule has 31 heavy (non-hydrogen) atoms. The molecule has 0 unspecified atom stereocenters. The summed E-state index contributed by atoms with van der Waals surface area (Å²) in [6, 6.07) is 9.95. The van der Waals surface area contributed by atoms with Crippen molar-refractivity contribution in [2.75, 3.05) is 10.5 Å². The molecule has 2 aromatic carbocycles. The van der Waals surface area contributed by atoms with E-state index < -0.39 is 21.8 Å². The molecule has 0 saturated carbocycles. The van der Waals surface area contributed by atoms with Gasteiger partial charge in [-0.3, -0.25) is 4.72 Å². The number of alkyl halides is 3. The second kappa shape index (κ2) is 7.27. The summed E-state index contributed by atoms with van der Waals surface area (Å²) in [6.45, 7) is 1.70. The average molecular weight is 447 g/mol. The highest BCUT2D eigenvalue weighted by molar-refractivity contribution is 7.92. The SMILES string of the molecule is Cc1cc(-c2cnc3ccnn3c2N)ccc1NS(=O)(=O)c1ccc(C(F)(F)F)cc1. The van der Waals surface area contributed by atoms with Gasteiger partial charge < -0.3 is 5.73 Å². The Morgan fingerprint density at radius 3 is 2.42 bits per heavy atom. The maximum Gasteiger partial charge on any atom is 0.416 e. The number of benzene rings is 2. The number of hydrogen-bond donors (Lipinski definition) is 2. The molecule has 0 bridgehead atoms. The number of nitrogens with zero attached hydrogens (tertiary/aromatic N) is 3. The van der Waals surface area contributed by atoms with Gasteiger partial charge in [0.1, 0.15) is 5.82 Å². The summed E-state index contributed by atoms with van der Waals surface area (Å²) in [5, 5.41) is 4.11. The first kappa shape index (κ1) is 20.7. The Bertz CT molecular complexity index is 1380. The summed E-state index contributed by atoms with van der Waals surface area (Å²) in [7, 11) is -4.07. The molecule has 0 aliphatic carbocycles. The lowest BCUT2D eigenvalue weighted by Gasteiger charge is -2.14. The number of rotatable bonds is 4. The third-order valence-corrected chi connectivity index (χ3v) is 6.11. The van der Waals surface area contributed by atoms with Crippen molar-refractivity contribution < 1.29 is 21.6 Å². The average Bonchev–Trinajstić information content (AvgIpc) is 3.19. The molecule has 160 valence electrons. The molecule has 0 saturated heterocycles. The zero-order chi connectivity index (χ0) is 22.4. The number of aromatic nitrogens is 3. The maximum absolute atomic E-state index is 12.7. The Labute approximate surface area is 175 Å². The number of halogens is 3. The molecule has 3 N–H and O–H groups in total. The van der Waals surface area contributed by atoms with Gasteiger partial charge in [0, 0.05) is 17.8 Å². The van der Waals surface area contributed by atoms with E-state index in [0.29, 0.717) is 28.2 Å². The van der Waals surface area contributed by atoms with Crippen molar-refractivity contribution in [1.29, 1.82) is 0 Å². The van der Waals surface area contributed by atoms with E-state index in [4.69, 9.17) is 5.73 Å². The largest absolute Gasteiger partial charge is 0.416 e. The van der Waals surface area contributed by atoms with E-state index >= 15 is 0 Å². The molecule has 4 rings (SSSR count). The van der Waals surface area contributed by atoms with E-state index in [1.54, 1.807) is 43.6 Å². The molecule has 0 aliphatic heterocycles. The lowest BCUT2D eigenvalue weighted by Crippen LogP contribution is -2.14. The fourth-order valence-electron chi connectivity index (χ4n) is 3.09. The van der Waals surface area contributed by atoms with Crippen LogP contribution in [0.2, 0.25) is 0 Å². The van der Waals surface area contributed by atoms with Crippen LogP contribution in [0.25, 0.3) is 16.8 Å². The van der Waals surface area contributed by atoms with Gasteiger partial charge in [0.25, 0.3) is 10.0 Å². The van der Waals surface area contributed by atoms with Gasteiger partial charge >= 0.3 is 6.18 Å². The maximum atomic E-state index is 12.7. The normalized spacial score (nSPS) is 12.3. The summed E-state index contributed by atoms with van der Waals surface area (Å²) in [4.78, 5) is 4.01. The Morgan fingerprint density at radius 1 is 1.06 bits per heavy atom. The number of fused-ring (bicyclic) bond motifs is 1. The summed E-state index contributed by atoms with van der Waals surface area (Å²) in [5.41, 5.74) is 8.05. The van der Waals surface area contributed by atoms with E-state index in [-0.39, 0.29) is 10.6 Å². The van der Waals surface area contributed by atoms with Gasteiger partial charge in [0.15, 0.2) is 5.65 Å². The highest BCUT2D eigenvalue weighted by atomic mass is 32.2. The van der Waals surface area contributed by atoms with Crippen LogP contribution in [0, 0.1) is 6.92 Å². The first-order chi connectivity index (χ1) is 14.6. The van der Waals surface area contributed by atoms with Crippen LogP contribution in [0.3, 0.4) is 0 Å². The monoisotopic (exact) mass is 447 g/mol. The van der Waals surface area contributed by atoms with Crippen molar-refractivity contribution in [3.63, 3.8) is 0 Å². The minimum absolute atomic E-state index is 0.276. The van der Waals surface area contributed by atoms with Crippen molar-refractivity contribution >= 4 is 27.2 Å². The van der Waals surface area contributed by atoms with Crippen molar-refractivity contribution in [2.45, 2.75) is 18.0 Å². The molecule has 2 heterocycles. The van der Waals surface area contributed by atoms with Gasteiger partial charge in [-0.15, -0.1) is 0 Å². The lowest BCUT2D eigenvalue weighted by molar-refractivity contribution is -0.137. The van der Waals surface area contributed by atoms with Crippen LogP contribution in [0.15, 0.2) is 65.8 Å². The fraction of sp³-hybridized carbons (Fsp3) is 0.100. The van der Waals surface area contributed by atoms with E-state index in [1.807, 2.05) is 0 Å². The van der Waals surface area contributed by atoms with Crippen molar-refractivity contribution in [1.82, 2.24) is 14.6 Å². The zero-order valence-electron chi connectivity index (χ0n) is 16.1. The van der Waals surface area contributed by atoms with Gasteiger partial charge in [0.05, 0.1) is 22.3 Å². The van der Waals surface area contributed by atoms with Crippen LogP contribution in [0.4, 0.5) is 24.7 Å². The van der Waals surface area contributed by atoms with Crippen LogP contribution >= 0.6 is 0 Å². The highest BCUT2D eigenvalue weighted by Gasteiger charge is 2.30. The molecule has 0 amide bonds. The van der Waals surface area contributed by atoms with Crippen molar-refractivity contribution in [3.05, 3.63) is 72.1 Å². The number of nitrogens with one attached hydrogen (secondary N) is 1. The first-order valence-corrected chi connectivity index (χ1v) is 10.4. The molecule has 0 radical (unpaired) electrons. The van der Waals surface area contributed by atoms with Gasteiger partial charge in [-0.1, -0.05) is 6.07 Å². The predicted molar refractivity (Wildman–Crippen MR) is 110 cm³/mol.